The fourth-order valence-electron chi connectivity index (χ4n) is 2.91. The molecule has 156 valence electrons. The van der Waals surface area contributed by atoms with Crippen LogP contribution in [0.15, 0.2) is 60.9 Å². The maximum Gasteiger partial charge on any atom is 0.416 e. The number of hydrogen-bond donors (Lipinski definition) is 2. The predicted molar refractivity (Wildman–Crippen MR) is 105 cm³/mol. The van der Waals surface area contributed by atoms with Gasteiger partial charge in [0.1, 0.15) is 5.82 Å². The highest BCUT2D eigenvalue weighted by atomic mass is 19.4. The van der Waals surface area contributed by atoms with E-state index < -0.39 is 23.6 Å². The third kappa shape index (κ3) is 4.86. The van der Waals surface area contributed by atoms with Crippen LogP contribution in [0.1, 0.15) is 32.1 Å². The summed E-state index contributed by atoms with van der Waals surface area (Å²) in [5.74, 6) is -0.335. The number of rotatable bonds is 6. The lowest BCUT2D eigenvalue weighted by Crippen LogP contribution is -2.31. The zero-order valence-electron chi connectivity index (χ0n) is 16.0. The number of halogens is 3. The van der Waals surface area contributed by atoms with Crippen molar-refractivity contribution >= 4 is 17.5 Å². The molecule has 0 aliphatic carbocycles. The molecule has 1 aromatic heterocycles. The number of hydrogen-bond acceptors (Lipinski definition) is 3. The van der Waals surface area contributed by atoms with Gasteiger partial charge in [0.25, 0.3) is 11.8 Å². The van der Waals surface area contributed by atoms with Gasteiger partial charge in [-0.2, -0.15) is 13.2 Å². The molecule has 3 aromatic rings. The Balaban J connectivity index is 1.77. The van der Waals surface area contributed by atoms with Gasteiger partial charge in [-0.15, -0.1) is 0 Å². The topological polar surface area (TPSA) is 78.1 Å². The van der Waals surface area contributed by atoms with Crippen molar-refractivity contribution in [3.05, 3.63) is 83.4 Å². The molecular formula is C21H19F3N4O2. The smallest absolute Gasteiger partial charge is 0.352 e. The molecule has 9 heteroatoms. The predicted octanol–water partition coefficient (Wildman–Crippen LogP) is 3.68. The molecule has 0 saturated heterocycles. The number of para-hydroxylation sites is 1. The van der Waals surface area contributed by atoms with Gasteiger partial charge in [-0.1, -0.05) is 18.2 Å². The Morgan fingerprint density at radius 2 is 1.90 bits per heavy atom. The number of aromatic nitrogens is 2. The number of benzene rings is 2. The molecule has 3 rings (SSSR count). The van der Waals surface area contributed by atoms with E-state index in [2.05, 4.69) is 15.3 Å². The van der Waals surface area contributed by atoms with E-state index >= 15 is 0 Å². The number of alkyl halides is 3. The van der Waals surface area contributed by atoms with Gasteiger partial charge >= 0.3 is 6.18 Å². The van der Waals surface area contributed by atoms with Crippen molar-refractivity contribution in [2.24, 2.45) is 0 Å². The lowest BCUT2D eigenvalue weighted by Gasteiger charge is -2.21. The fourth-order valence-corrected chi connectivity index (χ4v) is 2.91. The van der Waals surface area contributed by atoms with E-state index in [1.165, 1.54) is 19.2 Å². The van der Waals surface area contributed by atoms with Crippen molar-refractivity contribution in [1.29, 1.82) is 0 Å². The molecule has 6 nitrogen and oxygen atoms in total. The molecule has 0 aliphatic rings. The largest absolute Gasteiger partial charge is 0.416 e. The lowest BCUT2D eigenvalue weighted by atomic mass is 10.1. The standard InChI is InChI=1S/C21H19F3N4O2/c1-28(20(30)14-5-4-6-15(13-14)21(22,23)24)17-8-3-2-7-16(17)19(29)27-10-9-18-25-11-12-26-18/h2-8,11-13H,9-10H2,1H3,(H,25,26)(H,27,29). The number of carbonyl (C=O) groups is 2. The zero-order valence-corrected chi connectivity index (χ0v) is 16.0. The quantitative estimate of drug-likeness (QED) is 0.644. The van der Waals surface area contributed by atoms with E-state index in [1.54, 1.807) is 36.7 Å². The van der Waals surface area contributed by atoms with Crippen LogP contribution in [0.25, 0.3) is 0 Å². The number of aromatic amines is 1. The highest BCUT2D eigenvalue weighted by Gasteiger charge is 2.31. The number of anilines is 1. The van der Waals surface area contributed by atoms with Crippen LogP contribution < -0.4 is 10.2 Å². The normalized spacial score (nSPS) is 11.2. The van der Waals surface area contributed by atoms with Crippen LogP contribution in [0.2, 0.25) is 0 Å². The molecule has 0 fully saturated rings. The summed E-state index contributed by atoms with van der Waals surface area (Å²) in [5, 5.41) is 2.75. The molecule has 1 heterocycles. The Hall–Kier alpha value is -3.62. The van der Waals surface area contributed by atoms with Crippen LogP contribution in [0.4, 0.5) is 18.9 Å². The van der Waals surface area contributed by atoms with E-state index in [4.69, 9.17) is 0 Å². The maximum atomic E-state index is 13.0. The summed E-state index contributed by atoms with van der Waals surface area (Å²) in [4.78, 5) is 33.6. The molecule has 2 aromatic carbocycles. The summed E-state index contributed by atoms with van der Waals surface area (Å²) >= 11 is 0. The lowest BCUT2D eigenvalue weighted by molar-refractivity contribution is -0.137. The molecule has 0 bridgehead atoms. The first-order chi connectivity index (χ1) is 14.3. The minimum absolute atomic E-state index is 0.125. The summed E-state index contributed by atoms with van der Waals surface area (Å²) in [5.41, 5.74) is -0.513. The molecule has 2 N–H and O–H groups in total. The molecule has 30 heavy (non-hydrogen) atoms. The molecule has 0 radical (unpaired) electrons. The van der Waals surface area contributed by atoms with Gasteiger partial charge in [0.15, 0.2) is 0 Å². The first-order valence-corrected chi connectivity index (χ1v) is 9.08. The van der Waals surface area contributed by atoms with Crippen molar-refractivity contribution < 1.29 is 22.8 Å². The highest BCUT2D eigenvalue weighted by molar-refractivity contribution is 6.10. The Labute approximate surface area is 170 Å². The monoisotopic (exact) mass is 416 g/mol. The van der Waals surface area contributed by atoms with Crippen LogP contribution in [0.3, 0.4) is 0 Å². The van der Waals surface area contributed by atoms with Gasteiger partial charge in [-0.3, -0.25) is 9.59 Å². The average Bonchev–Trinajstić information content (AvgIpc) is 3.25. The summed E-state index contributed by atoms with van der Waals surface area (Å²) < 4.78 is 38.9. The minimum Gasteiger partial charge on any atom is -0.352 e. The first kappa shape index (κ1) is 21.1. The molecule has 0 unspecified atom stereocenters. The Morgan fingerprint density at radius 1 is 1.13 bits per heavy atom. The van der Waals surface area contributed by atoms with Crippen molar-refractivity contribution in [2.45, 2.75) is 12.6 Å². The summed E-state index contributed by atoms with van der Waals surface area (Å²) in [6.45, 7) is 0.325. The van der Waals surface area contributed by atoms with Gasteiger partial charge in [0.05, 0.1) is 16.8 Å². The average molecular weight is 416 g/mol. The summed E-state index contributed by atoms with van der Waals surface area (Å²) in [7, 11) is 1.41. The number of nitrogens with zero attached hydrogens (tertiary/aromatic N) is 2. The van der Waals surface area contributed by atoms with E-state index in [1.807, 2.05) is 0 Å². The summed E-state index contributed by atoms with van der Waals surface area (Å²) in [6, 6.07) is 10.6. The van der Waals surface area contributed by atoms with Gasteiger partial charge in [0.2, 0.25) is 0 Å². The van der Waals surface area contributed by atoms with Gasteiger partial charge in [0, 0.05) is 38.0 Å². The van der Waals surface area contributed by atoms with Crippen LogP contribution >= 0.6 is 0 Å². The van der Waals surface area contributed by atoms with Crippen LogP contribution in [0, 0.1) is 0 Å². The van der Waals surface area contributed by atoms with Gasteiger partial charge in [-0.25, -0.2) is 4.98 Å². The number of H-pyrrole nitrogens is 1. The van der Waals surface area contributed by atoms with Crippen LogP contribution in [-0.2, 0) is 12.6 Å². The van der Waals surface area contributed by atoms with Crippen molar-refractivity contribution in [1.82, 2.24) is 15.3 Å². The number of amides is 2. The molecule has 0 spiro atoms. The van der Waals surface area contributed by atoms with E-state index in [0.717, 1.165) is 22.9 Å². The second-order valence-electron chi connectivity index (χ2n) is 6.50. The third-order valence-corrected chi connectivity index (χ3v) is 4.45. The van der Waals surface area contributed by atoms with Gasteiger partial charge < -0.3 is 15.2 Å². The number of imidazole rings is 1. The molecule has 2 amide bonds. The Kier molecular flexibility index (Phi) is 6.20. The van der Waals surface area contributed by atoms with Crippen LogP contribution in [0.5, 0.6) is 0 Å². The van der Waals surface area contributed by atoms with E-state index in [9.17, 15) is 22.8 Å². The third-order valence-electron chi connectivity index (χ3n) is 4.45. The maximum absolute atomic E-state index is 13.0. The van der Waals surface area contributed by atoms with Crippen LogP contribution in [-0.4, -0.2) is 35.4 Å². The van der Waals surface area contributed by atoms with Crippen molar-refractivity contribution in [3.63, 3.8) is 0 Å². The molecule has 0 atom stereocenters. The minimum atomic E-state index is -4.55. The van der Waals surface area contributed by atoms with Crippen molar-refractivity contribution in [3.8, 4) is 0 Å². The summed E-state index contributed by atoms with van der Waals surface area (Å²) in [6.07, 6.45) is -0.762. The zero-order chi connectivity index (χ0) is 21.7. The van der Waals surface area contributed by atoms with E-state index in [-0.39, 0.29) is 16.8 Å². The number of carbonyl (C=O) groups excluding carboxylic acids is 2. The second-order valence-corrected chi connectivity index (χ2v) is 6.50. The Morgan fingerprint density at radius 3 is 2.60 bits per heavy atom. The second kappa shape index (κ2) is 8.81. The SMILES string of the molecule is CN(C(=O)c1cccc(C(F)(F)F)c1)c1ccccc1C(=O)NCCc1ncc[nH]1. The van der Waals surface area contributed by atoms with E-state index in [0.29, 0.717) is 13.0 Å². The molecule has 0 saturated carbocycles. The van der Waals surface area contributed by atoms with Gasteiger partial charge in [-0.05, 0) is 30.3 Å². The Bertz CT molecular complexity index is 1030. The molecular weight excluding hydrogens is 397 g/mol. The highest BCUT2D eigenvalue weighted by Crippen LogP contribution is 2.30. The molecule has 0 aliphatic heterocycles. The first-order valence-electron chi connectivity index (χ1n) is 9.08. The van der Waals surface area contributed by atoms with Crippen molar-refractivity contribution in [2.75, 3.05) is 18.5 Å². The number of nitrogens with one attached hydrogen (secondary N) is 2. The fraction of sp³-hybridized carbons (Fsp3) is 0.190.